The van der Waals surface area contributed by atoms with Crippen LogP contribution < -0.4 is 15.7 Å². The zero-order valence-electron chi connectivity index (χ0n) is 24.2. The molecule has 0 bridgehead atoms. The van der Waals surface area contributed by atoms with Gasteiger partial charge in [0.25, 0.3) is 11.8 Å². The van der Waals surface area contributed by atoms with E-state index in [1.54, 1.807) is 12.1 Å². The van der Waals surface area contributed by atoms with Crippen molar-refractivity contribution in [3.05, 3.63) is 28.8 Å². The van der Waals surface area contributed by atoms with Crippen molar-refractivity contribution in [3.8, 4) is 5.75 Å². The fourth-order valence-corrected chi connectivity index (χ4v) is 3.56. The van der Waals surface area contributed by atoms with Crippen molar-refractivity contribution in [2.24, 2.45) is 0 Å². The van der Waals surface area contributed by atoms with Crippen molar-refractivity contribution >= 4 is 11.8 Å². The molecule has 1 aromatic rings. The first-order valence-corrected chi connectivity index (χ1v) is 12.6. The van der Waals surface area contributed by atoms with Crippen LogP contribution in [0.4, 0.5) is 0 Å². The minimum absolute atomic E-state index is 0.00130. The lowest BCUT2D eigenvalue weighted by Gasteiger charge is -2.34. The number of hydrogen-bond acceptors (Lipinski definition) is 3. The molecule has 0 atom stereocenters. The number of hydrogen-bond donors (Lipinski definition) is 2. The van der Waals surface area contributed by atoms with E-state index >= 15 is 0 Å². The fourth-order valence-electron chi connectivity index (χ4n) is 3.56. The van der Waals surface area contributed by atoms with E-state index in [1.807, 2.05) is 62.3 Å². The van der Waals surface area contributed by atoms with Gasteiger partial charge in [0.2, 0.25) is 0 Å². The lowest BCUT2D eigenvalue weighted by atomic mass is 9.84. The van der Waals surface area contributed by atoms with E-state index in [9.17, 15) is 14.7 Å². The van der Waals surface area contributed by atoms with Crippen LogP contribution in [0.15, 0.2) is 12.1 Å². The van der Waals surface area contributed by atoms with Gasteiger partial charge >= 0.3 is 0 Å². The summed E-state index contributed by atoms with van der Waals surface area (Å²) >= 11 is 0. The molecule has 0 saturated heterocycles. The van der Waals surface area contributed by atoms with Crippen molar-refractivity contribution in [1.29, 1.82) is 0 Å². The first-order chi connectivity index (χ1) is 15.3. The molecule has 0 unspecified atom stereocenters. The van der Waals surface area contributed by atoms with E-state index < -0.39 is 28.6 Å². The lowest BCUT2D eigenvalue weighted by molar-refractivity contribution is -0.921. The molecule has 0 fully saturated rings. The van der Waals surface area contributed by atoms with Crippen LogP contribution >= 0.6 is 0 Å². The van der Waals surface area contributed by atoms with Gasteiger partial charge < -0.3 is 20.2 Å². The van der Waals surface area contributed by atoms with E-state index in [4.69, 9.17) is 0 Å². The van der Waals surface area contributed by atoms with Gasteiger partial charge in [0.05, 0.1) is 26.2 Å². The van der Waals surface area contributed by atoms with Crippen molar-refractivity contribution in [3.63, 3.8) is 0 Å². The van der Waals surface area contributed by atoms with Crippen LogP contribution in [-0.2, 0) is 5.41 Å². The van der Waals surface area contributed by atoms with Crippen LogP contribution in [0.3, 0.4) is 0 Å². The maximum atomic E-state index is 12.8. The van der Waals surface area contributed by atoms with Crippen LogP contribution in [0.5, 0.6) is 5.75 Å². The number of quaternary nitrogens is 1. The number of carbonyl (C=O) groups is 2. The average Bonchev–Trinajstić information content (AvgIpc) is 2.67. The molecule has 0 radical (unpaired) electrons. The maximum Gasteiger partial charge on any atom is 0.251 e. The molecule has 2 amide bonds. The van der Waals surface area contributed by atoms with E-state index in [0.717, 1.165) is 5.56 Å². The largest absolute Gasteiger partial charge is 0.871 e. The summed E-state index contributed by atoms with van der Waals surface area (Å²) in [6, 6.07) is 3.19. The highest BCUT2D eigenvalue weighted by molar-refractivity contribution is 6.04. The van der Waals surface area contributed by atoms with Crippen molar-refractivity contribution < 1.29 is 19.2 Å². The number of carbonyl (C=O) groups excluding carboxylic acids is 2. The SMILES string of the molecule is CC(C)(C)NC(=O)c1cc(C(C)(C)C)cc(C(=O)NC(C)(C)C)c1[O-].CC[N+](CC)(CC)CC. The van der Waals surface area contributed by atoms with Gasteiger partial charge in [-0.2, -0.15) is 0 Å². The molecule has 0 spiro atoms. The van der Waals surface area contributed by atoms with Gasteiger partial charge in [-0.3, -0.25) is 9.59 Å². The number of amides is 2. The van der Waals surface area contributed by atoms with Gasteiger partial charge in [0, 0.05) is 22.2 Å². The summed E-state index contributed by atoms with van der Waals surface area (Å²) in [4.78, 5) is 25.2. The summed E-state index contributed by atoms with van der Waals surface area (Å²) in [6.07, 6.45) is 0. The van der Waals surface area contributed by atoms with Crippen molar-refractivity contribution in [2.45, 2.75) is 107 Å². The minimum atomic E-state index is -0.545. The van der Waals surface area contributed by atoms with E-state index in [1.165, 1.54) is 30.7 Å². The Morgan fingerprint density at radius 1 is 0.706 bits per heavy atom. The fraction of sp³-hybridized carbons (Fsp3) is 0.714. The molecule has 0 heterocycles. The Labute approximate surface area is 209 Å². The third kappa shape index (κ3) is 10.0. The number of benzene rings is 1. The van der Waals surface area contributed by atoms with E-state index in [-0.39, 0.29) is 16.5 Å². The molecule has 6 nitrogen and oxygen atoms in total. The smallest absolute Gasteiger partial charge is 0.251 e. The first kappa shape index (κ1) is 31.9. The van der Waals surface area contributed by atoms with Gasteiger partial charge in [-0.1, -0.05) is 26.5 Å². The molecule has 0 aliphatic carbocycles. The highest BCUT2D eigenvalue weighted by Crippen LogP contribution is 2.30. The van der Waals surface area contributed by atoms with E-state index in [2.05, 4.69) is 38.3 Å². The summed E-state index contributed by atoms with van der Waals surface area (Å²) < 4.78 is 1.28. The molecular formula is C28H51N3O3. The maximum absolute atomic E-state index is 12.8. The molecule has 6 heteroatoms. The molecular weight excluding hydrogens is 426 g/mol. The Hall–Kier alpha value is -2.08. The summed E-state index contributed by atoms with van der Waals surface area (Å²) in [5, 5.41) is 18.4. The zero-order chi connectivity index (χ0) is 27.1. The molecule has 0 saturated carbocycles. The third-order valence-electron chi connectivity index (χ3n) is 6.10. The quantitative estimate of drug-likeness (QED) is 0.566. The Bertz CT molecular complexity index is 754. The third-order valence-corrected chi connectivity index (χ3v) is 6.10. The Morgan fingerprint density at radius 3 is 1.18 bits per heavy atom. The first-order valence-electron chi connectivity index (χ1n) is 12.6. The highest BCUT2D eigenvalue weighted by Gasteiger charge is 2.24. The monoisotopic (exact) mass is 477 g/mol. The van der Waals surface area contributed by atoms with Gasteiger partial charge in [-0.25, -0.2) is 0 Å². The second-order valence-electron chi connectivity index (χ2n) is 12.2. The second-order valence-corrected chi connectivity index (χ2v) is 12.2. The molecule has 34 heavy (non-hydrogen) atoms. The predicted octanol–water partition coefficient (Wildman–Crippen LogP) is 5.00. The number of rotatable bonds is 6. The van der Waals surface area contributed by atoms with Crippen molar-refractivity contribution in [2.75, 3.05) is 26.2 Å². The van der Waals surface area contributed by atoms with Gasteiger partial charge in [-0.15, -0.1) is 0 Å². The van der Waals surface area contributed by atoms with Crippen LogP contribution in [0.2, 0.25) is 0 Å². The second kappa shape index (κ2) is 12.1. The molecule has 0 aliphatic rings. The Balaban J connectivity index is 0.00000102. The Kier molecular flexibility index (Phi) is 11.3. The summed E-state index contributed by atoms with van der Waals surface area (Å²) in [5.41, 5.74) is -0.487. The molecule has 2 N–H and O–H groups in total. The topological polar surface area (TPSA) is 81.3 Å². The molecule has 1 rings (SSSR count). The molecule has 196 valence electrons. The molecule has 1 aromatic carbocycles. The normalized spacial score (nSPS) is 12.5. The summed E-state index contributed by atoms with van der Waals surface area (Å²) in [6.45, 7) is 31.2. The van der Waals surface area contributed by atoms with Crippen LogP contribution in [-0.4, -0.2) is 53.6 Å². The summed E-state index contributed by atoms with van der Waals surface area (Å²) in [7, 11) is 0. The standard InChI is InChI=1S/C20H32N2O3.C8H20N/c1-18(2,3)12-10-13(16(24)21-19(4,5)6)15(23)14(11-12)17(25)22-20(7,8)9;1-5-9(6-2,7-3)8-4/h10-11,23H,1-9H3,(H,21,24)(H,22,25);5-8H2,1-4H3/q;+1/p-1. The Morgan fingerprint density at radius 2 is 1.00 bits per heavy atom. The summed E-state index contributed by atoms with van der Waals surface area (Å²) in [5.74, 6) is -1.47. The highest BCUT2D eigenvalue weighted by atomic mass is 16.3. The number of nitrogens with zero attached hydrogens (tertiary/aromatic N) is 1. The van der Waals surface area contributed by atoms with Gasteiger partial charge in [0.15, 0.2) is 0 Å². The van der Waals surface area contributed by atoms with Crippen molar-refractivity contribution in [1.82, 2.24) is 10.6 Å². The zero-order valence-corrected chi connectivity index (χ0v) is 24.2. The minimum Gasteiger partial charge on any atom is -0.871 e. The lowest BCUT2D eigenvalue weighted by Crippen LogP contribution is -2.47. The van der Waals surface area contributed by atoms with Gasteiger partial charge in [-0.05, 0) is 92.3 Å². The van der Waals surface area contributed by atoms with Crippen LogP contribution in [0, 0.1) is 0 Å². The van der Waals surface area contributed by atoms with Crippen LogP contribution in [0.1, 0.15) is 116 Å². The molecule has 0 aromatic heterocycles. The van der Waals surface area contributed by atoms with Crippen LogP contribution in [0.25, 0.3) is 0 Å². The molecule has 0 aliphatic heterocycles. The van der Waals surface area contributed by atoms with Gasteiger partial charge in [0.1, 0.15) is 0 Å². The average molecular weight is 478 g/mol. The number of nitrogens with one attached hydrogen (secondary N) is 2. The van der Waals surface area contributed by atoms with E-state index in [0.29, 0.717) is 0 Å². The predicted molar refractivity (Wildman–Crippen MR) is 141 cm³/mol.